The number of carbonyl (C=O) groups is 1. The molecule has 1 amide bonds. The molecule has 0 saturated carbocycles. The number of aromatic nitrogens is 2. The van der Waals surface area contributed by atoms with E-state index in [9.17, 15) is 4.79 Å². The van der Waals surface area contributed by atoms with Crippen LogP contribution in [0.5, 0.6) is 0 Å². The number of aryl methyl sites for hydroxylation is 2. The van der Waals surface area contributed by atoms with E-state index in [1.807, 2.05) is 13.0 Å². The van der Waals surface area contributed by atoms with Crippen molar-refractivity contribution in [3.63, 3.8) is 0 Å². The van der Waals surface area contributed by atoms with Gasteiger partial charge in [0, 0.05) is 22.4 Å². The van der Waals surface area contributed by atoms with Gasteiger partial charge in [-0.05, 0) is 86.8 Å². The maximum absolute atomic E-state index is 13.1. The molecule has 0 spiro atoms. The highest BCUT2D eigenvalue weighted by Gasteiger charge is 2.27. The van der Waals surface area contributed by atoms with Crippen LogP contribution in [0.4, 0.5) is 5.69 Å². The van der Waals surface area contributed by atoms with Crippen molar-refractivity contribution in [2.75, 3.05) is 18.4 Å². The Hall–Kier alpha value is -2.96. The lowest BCUT2D eigenvalue weighted by molar-refractivity contribution is -0.121. The number of hydrogen-bond donors (Lipinski definition) is 1. The minimum atomic E-state index is -0.0285. The predicted molar refractivity (Wildman–Crippen MR) is 141 cm³/mol. The SMILES string of the molecule is Cc1ccc(C)c(NC(=O)[C@@H]2CCCN(Cc3nc4ccccc4n3-c3ccc(Br)cc3)C2)c1. The molecule has 1 aromatic heterocycles. The maximum Gasteiger partial charge on any atom is 0.228 e. The van der Waals surface area contributed by atoms with Gasteiger partial charge < -0.3 is 5.32 Å². The molecule has 6 heteroatoms. The van der Waals surface area contributed by atoms with E-state index in [-0.39, 0.29) is 11.8 Å². The second kappa shape index (κ2) is 9.72. The van der Waals surface area contributed by atoms with Crippen LogP contribution in [0.3, 0.4) is 0 Å². The van der Waals surface area contributed by atoms with Gasteiger partial charge in [-0.25, -0.2) is 4.98 Å². The van der Waals surface area contributed by atoms with E-state index in [2.05, 4.69) is 98.3 Å². The lowest BCUT2D eigenvalue weighted by Crippen LogP contribution is -2.40. The third kappa shape index (κ3) is 4.79. The average molecular weight is 517 g/mol. The summed E-state index contributed by atoms with van der Waals surface area (Å²) in [5.74, 6) is 1.08. The first-order chi connectivity index (χ1) is 16.5. The van der Waals surface area contributed by atoms with Gasteiger partial charge >= 0.3 is 0 Å². The smallest absolute Gasteiger partial charge is 0.228 e. The molecular formula is C28H29BrN4O. The molecule has 1 aliphatic heterocycles. The summed E-state index contributed by atoms with van der Waals surface area (Å²) in [7, 11) is 0. The Morgan fingerprint density at radius 1 is 1.09 bits per heavy atom. The third-order valence-corrected chi connectivity index (χ3v) is 7.14. The molecule has 4 aromatic rings. The number of anilines is 1. The number of benzene rings is 3. The quantitative estimate of drug-likeness (QED) is 0.340. The van der Waals surface area contributed by atoms with Gasteiger partial charge in [0.05, 0.1) is 23.5 Å². The molecule has 1 saturated heterocycles. The van der Waals surface area contributed by atoms with Crippen molar-refractivity contribution in [2.24, 2.45) is 5.92 Å². The number of carbonyl (C=O) groups excluding carboxylic acids is 1. The summed E-state index contributed by atoms with van der Waals surface area (Å²) in [5, 5.41) is 3.18. The third-order valence-electron chi connectivity index (χ3n) is 6.61. The Labute approximate surface area is 208 Å². The lowest BCUT2D eigenvalue weighted by Gasteiger charge is -2.32. The Morgan fingerprint density at radius 3 is 2.71 bits per heavy atom. The molecule has 0 aliphatic carbocycles. The minimum absolute atomic E-state index is 0.0285. The van der Waals surface area contributed by atoms with Crippen molar-refractivity contribution in [1.29, 1.82) is 0 Å². The Bertz CT molecular complexity index is 1330. The van der Waals surface area contributed by atoms with Crippen LogP contribution in [0.2, 0.25) is 0 Å². The van der Waals surface area contributed by atoms with Gasteiger partial charge in [-0.15, -0.1) is 0 Å². The molecule has 1 atom stereocenters. The number of para-hydroxylation sites is 2. The zero-order valence-corrected chi connectivity index (χ0v) is 21.2. The fourth-order valence-electron chi connectivity index (χ4n) is 4.78. The molecular weight excluding hydrogens is 488 g/mol. The van der Waals surface area contributed by atoms with Crippen LogP contribution in [0.25, 0.3) is 16.7 Å². The molecule has 1 N–H and O–H groups in total. The molecule has 2 heterocycles. The summed E-state index contributed by atoms with van der Waals surface area (Å²) in [6.45, 7) is 6.50. The molecule has 0 bridgehead atoms. The molecule has 34 heavy (non-hydrogen) atoms. The molecule has 1 aliphatic rings. The number of hydrogen-bond acceptors (Lipinski definition) is 3. The standard InChI is InChI=1S/C28H29BrN4O/c1-19-9-10-20(2)25(16-19)31-28(34)21-6-5-15-32(17-21)18-27-30-24-7-3-4-8-26(24)33(27)23-13-11-22(29)12-14-23/h3-4,7-14,16,21H,5-6,15,17-18H2,1-2H3,(H,31,34)/t21-/m1/s1. The van der Waals surface area contributed by atoms with E-state index < -0.39 is 0 Å². The summed E-state index contributed by atoms with van der Waals surface area (Å²) in [4.78, 5) is 20.5. The highest BCUT2D eigenvalue weighted by molar-refractivity contribution is 9.10. The van der Waals surface area contributed by atoms with Crippen LogP contribution in [-0.2, 0) is 11.3 Å². The molecule has 0 unspecified atom stereocenters. The van der Waals surface area contributed by atoms with E-state index in [1.165, 1.54) is 0 Å². The van der Waals surface area contributed by atoms with E-state index >= 15 is 0 Å². The van der Waals surface area contributed by atoms with Crippen LogP contribution in [0, 0.1) is 19.8 Å². The van der Waals surface area contributed by atoms with E-state index in [0.29, 0.717) is 6.54 Å². The van der Waals surface area contributed by atoms with Gasteiger partial charge in [-0.1, -0.05) is 40.2 Å². The van der Waals surface area contributed by atoms with Crippen molar-refractivity contribution in [2.45, 2.75) is 33.2 Å². The first kappa shape index (κ1) is 22.8. The second-order valence-electron chi connectivity index (χ2n) is 9.21. The van der Waals surface area contributed by atoms with Crippen molar-refractivity contribution in [3.8, 4) is 5.69 Å². The first-order valence-electron chi connectivity index (χ1n) is 11.8. The van der Waals surface area contributed by atoms with Gasteiger partial charge in [0.2, 0.25) is 5.91 Å². The van der Waals surface area contributed by atoms with Crippen molar-refractivity contribution in [3.05, 3.63) is 88.2 Å². The number of piperidine rings is 1. The topological polar surface area (TPSA) is 50.2 Å². The van der Waals surface area contributed by atoms with E-state index in [4.69, 9.17) is 4.98 Å². The van der Waals surface area contributed by atoms with Crippen LogP contribution in [0.15, 0.2) is 71.2 Å². The number of halogens is 1. The second-order valence-corrected chi connectivity index (χ2v) is 10.1. The Kier molecular flexibility index (Phi) is 6.53. The van der Waals surface area contributed by atoms with Gasteiger partial charge in [0.15, 0.2) is 0 Å². The Balaban J connectivity index is 1.37. The highest BCUT2D eigenvalue weighted by atomic mass is 79.9. The molecule has 0 radical (unpaired) electrons. The van der Waals surface area contributed by atoms with Crippen LogP contribution in [0.1, 0.15) is 29.8 Å². The fourth-order valence-corrected chi connectivity index (χ4v) is 5.04. The van der Waals surface area contributed by atoms with E-state index in [1.54, 1.807) is 0 Å². The van der Waals surface area contributed by atoms with Crippen molar-refractivity contribution >= 4 is 38.6 Å². The van der Waals surface area contributed by atoms with Gasteiger partial charge in [-0.2, -0.15) is 0 Å². The summed E-state index contributed by atoms with van der Waals surface area (Å²) in [6.07, 6.45) is 1.92. The molecule has 5 rings (SSSR count). The number of imidazole rings is 1. The van der Waals surface area contributed by atoms with Crippen molar-refractivity contribution in [1.82, 2.24) is 14.5 Å². The molecule has 174 valence electrons. The van der Waals surface area contributed by atoms with Gasteiger partial charge in [0.1, 0.15) is 5.82 Å². The number of fused-ring (bicyclic) bond motifs is 1. The van der Waals surface area contributed by atoms with Crippen LogP contribution < -0.4 is 5.32 Å². The van der Waals surface area contributed by atoms with Crippen LogP contribution >= 0.6 is 15.9 Å². The largest absolute Gasteiger partial charge is 0.326 e. The maximum atomic E-state index is 13.1. The number of rotatable bonds is 5. The summed E-state index contributed by atoms with van der Waals surface area (Å²) >= 11 is 3.54. The number of amides is 1. The van der Waals surface area contributed by atoms with Gasteiger partial charge in [0.25, 0.3) is 0 Å². The summed E-state index contributed by atoms with van der Waals surface area (Å²) in [5.41, 5.74) is 6.34. The minimum Gasteiger partial charge on any atom is -0.326 e. The summed E-state index contributed by atoms with van der Waals surface area (Å²) in [6, 6.07) is 22.8. The Morgan fingerprint density at radius 2 is 1.88 bits per heavy atom. The van der Waals surface area contributed by atoms with Gasteiger partial charge in [-0.3, -0.25) is 14.3 Å². The first-order valence-corrected chi connectivity index (χ1v) is 12.6. The number of likely N-dealkylation sites (tertiary alicyclic amines) is 1. The highest BCUT2D eigenvalue weighted by Crippen LogP contribution is 2.26. The zero-order valence-electron chi connectivity index (χ0n) is 19.6. The molecule has 5 nitrogen and oxygen atoms in total. The average Bonchev–Trinajstić information content (AvgIpc) is 3.20. The fraction of sp³-hybridized carbons (Fsp3) is 0.286. The number of nitrogens with zero attached hydrogens (tertiary/aromatic N) is 3. The predicted octanol–water partition coefficient (Wildman–Crippen LogP) is 6.26. The molecule has 1 fully saturated rings. The normalized spacial score (nSPS) is 16.6. The van der Waals surface area contributed by atoms with E-state index in [0.717, 1.165) is 69.8 Å². The van der Waals surface area contributed by atoms with Crippen LogP contribution in [-0.4, -0.2) is 33.4 Å². The monoisotopic (exact) mass is 516 g/mol. The summed E-state index contributed by atoms with van der Waals surface area (Å²) < 4.78 is 3.29. The number of nitrogens with one attached hydrogen (secondary N) is 1. The lowest BCUT2D eigenvalue weighted by atomic mass is 9.96. The van der Waals surface area contributed by atoms with Crippen molar-refractivity contribution < 1.29 is 4.79 Å². The zero-order chi connectivity index (χ0) is 23.7. The molecule has 3 aromatic carbocycles.